The van der Waals surface area contributed by atoms with Crippen LogP contribution in [0.1, 0.15) is 20.8 Å². The second-order valence-electron chi connectivity index (χ2n) is 1.89. The zero-order chi connectivity index (χ0) is 8.69. The summed E-state index contributed by atoms with van der Waals surface area (Å²) in [6.07, 6.45) is 0. The molecular formula is C6H15N3O2. The number of nitrogens with zero attached hydrogens (tertiary/aromatic N) is 3. The summed E-state index contributed by atoms with van der Waals surface area (Å²) < 4.78 is 0. The third-order valence-electron chi connectivity index (χ3n) is 1.23. The topological polar surface area (TPSA) is 50.9 Å². The highest BCUT2D eigenvalue weighted by molar-refractivity contribution is 4.29. The minimum atomic E-state index is 0.417. The first-order valence-electron chi connectivity index (χ1n) is 3.81. The van der Waals surface area contributed by atoms with Crippen LogP contribution < -0.4 is 0 Å². The zero-order valence-electron chi connectivity index (χ0n) is 7.28. The second-order valence-corrected chi connectivity index (χ2v) is 1.89. The first-order valence-corrected chi connectivity index (χ1v) is 3.81. The monoisotopic (exact) mass is 161 g/mol. The van der Waals surface area contributed by atoms with E-state index in [1.54, 1.807) is 6.92 Å². The lowest BCUT2D eigenvalue weighted by atomic mass is 10.6. The van der Waals surface area contributed by atoms with Crippen LogP contribution in [0.4, 0.5) is 0 Å². The molecule has 0 heterocycles. The number of hydrogen-bond acceptors (Lipinski definition) is 3. The van der Waals surface area contributed by atoms with E-state index in [1.165, 1.54) is 5.01 Å². The van der Waals surface area contributed by atoms with Crippen LogP contribution in [0.5, 0.6) is 0 Å². The molecule has 0 atom stereocenters. The SMILES string of the molecule is CCO/N=[N+](/[O-])N(CC)CC. The quantitative estimate of drug-likeness (QED) is 0.345. The van der Waals surface area contributed by atoms with Crippen LogP contribution in [0.2, 0.25) is 0 Å². The summed E-state index contributed by atoms with van der Waals surface area (Å²) in [6, 6.07) is 0. The summed E-state index contributed by atoms with van der Waals surface area (Å²) in [5, 5.41) is 15.7. The highest BCUT2D eigenvalue weighted by Crippen LogP contribution is 1.89. The summed E-state index contributed by atoms with van der Waals surface area (Å²) in [4.78, 5) is 5.05. The van der Waals surface area contributed by atoms with Crippen molar-refractivity contribution in [3.05, 3.63) is 5.21 Å². The lowest BCUT2D eigenvalue weighted by Crippen LogP contribution is -2.30. The third kappa shape index (κ3) is 3.64. The Hall–Kier alpha value is -1.00. The molecule has 0 aliphatic heterocycles. The van der Waals surface area contributed by atoms with Gasteiger partial charge in [-0.05, 0) is 20.8 Å². The molecular weight excluding hydrogens is 146 g/mol. The fourth-order valence-corrected chi connectivity index (χ4v) is 0.624. The van der Waals surface area contributed by atoms with Crippen molar-refractivity contribution in [2.24, 2.45) is 5.28 Å². The Morgan fingerprint density at radius 3 is 2.27 bits per heavy atom. The molecule has 0 N–H and O–H groups in total. The van der Waals surface area contributed by atoms with E-state index in [1.807, 2.05) is 13.8 Å². The molecule has 66 valence electrons. The lowest BCUT2D eigenvalue weighted by molar-refractivity contribution is -0.709. The summed E-state index contributed by atoms with van der Waals surface area (Å²) in [5.41, 5.74) is 0. The van der Waals surface area contributed by atoms with E-state index >= 15 is 0 Å². The van der Waals surface area contributed by atoms with E-state index in [2.05, 4.69) is 10.1 Å². The molecule has 0 radical (unpaired) electrons. The summed E-state index contributed by atoms with van der Waals surface area (Å²) in [5.74, 6) is 0. The zero-order valence-corrected chi connectivity index (χ0v) is 7.28. The van der Waals surface area contributed by atoms with Gasteiger partial charge >= 0.3 is 0 Å². The van der Waals surface area contributed by atoms with Gasteiger partial charge in [0.25, 0.3) is 0 Å². The number of hydrogen-bond donors (Lipinski definition) is 0. The van der Waals surface area contributed by atoms with Gasteiger partial charge in [-0.2, -0.15) is 0 Å². The van der Waals surface area contributed by atoms with Crippen LogP contribution in [0.25, 0.3) is 0 Å². The van der Waals surface area contributed by atoms with Crippen LogP contribution in [0, 0.1) is 5.21 Å². The van der Waals surface area contributed by atoms with Crippen molar-refractivity contribution in [3.63, 3.8) is 0 Å². The molecule has 0 saturated heterocycles. The van der Waals surface area contributed by atoms with Crippen molar-refractivity contribution in [1.29, 1.82) is 0 Å². The Labute approximate surface area is 66.8 Å². The first kappa shape index (κ1) is 10.0. The van der Waals surface area contributed by atoms with E-state index in [0.29, 0.717) is 24.7 Å². The Morgan fingerprint density at radius 2 is 1.91 bits per heavy atom. The predicted octanol–water partition coefficient (Wildman–Crippen LogP) is 1.16. The van der Waals surface area contributed by atoms with Crippen LogP contribution in [0.3, 0.4) is 0 Å². The van der Waals surface area contributed by atoms with Crippen molar-refractivity contribution in [2.45, 2.75) is 20.8 Å². The van der Waals surface area contributed by atoms with Crippen molar-refractivity contribution in [2.75, 3.05) is 19.7 Å². The minimum Gasteiger partial charge on any atom is -0.569 e. The van der Waals surface area contributed by atoms with Crippen molar-refractivity contribution in [1.82, 2.24) is 5.01 Å². The van der Waals surface area contributed by atoms with Crippen LogP contribution >= 0.6 is 0 Å². The summed E-state index contributed by atoms with van der Waals surface area (Å²) >= 11 is 0. The van der Waals surface area contributed by atoms with Crippen molar-refractivity contribution in [3.8, 4) is 0 Å². The molecule has 0 aliphatic rings. The molecule has 0 saturated carbocycles. The van der Waals surface area contributed by atoms with Crippen molar-refractivity contribution >= 4 is 0 Å². The molecule has 0 bridgehead atoms. The molecule has 0 aromatic heterocycles. The third-order valence-corrected chi connectivity index (χ3v) is 1.23. The maximum Gasteiger partial charge on any atom is 0.233 e. The van der Waals surface area contributed by atoms with Gasteiger partial charge in [0.05, 0.1) is 18.1 Å². The van der Waals surface area contributed by atoms with Crippen LogP contribution in [-0.4, -0.2) is 29.7 Å². The standard InChI is InChI=1S/C6H15N3O2/c1-4-8(5-2)9(10)7-11-6-3/h4-6H2,1-3H3/b9-7+. The molecule has 0 aromatic rings. The van der Waals surface area contributed by atoms with Gasteiger partial charge in [0.1, 0.15) is 6.61 Å². The summed E-state index contributed by atoms with van der Waals surface area (Å²) in [6.45, 7) is 7.23. The molecule has 0 fully saturated rings. The minimum absolute atomic E-state index is 0.417. The molecule has 5 heteroatoms. The largest absolute Gasteiger partial charge is 0.569 e. The van der Waals surface area contributed by atoms with Gasteiger partial charge in [0.15, 0.2) is 0 Å². The van der Waals surface area contributed by atoms with Gasteiger partial charge in [0, 0.05) is 0 Å². The molecule has 0 amide bonds. The van der Waals surface area contributed by atoms with Gasteiger partial charge in [-0.1, -0.05) is 0 Å². The van der Waals surface area contributed by atoms with E-state index < -0.39 is 0 Å². The normalized spacial score (nSPS) is 11.4. The molecule has 0 spiro atoms. The Morgan fingerprint density at radius 1 is 1.36 bits per heavy atom. The lowest BCUT2D eigenvalue weighted by Gasteiger charge is -2.12. The molecule has 11 heavy (non-hydrogen) atoms. The van der Waals surface area contributed by atoms with Gasteiger partial charge < -0.3 is 10.0 Å². The van der Waals surface area contributed by atoms with Gasteiger partial charge in [-0.3, -0.25) is 0 Å². The Kier molecular flexibility index (Phi) is 5.24. The smallest absolute Gasteiger partial charge is 0.233 e. The highest BCUT2D eigenvalue weighted by Gasteiger charge is 2.05. The molecule has 0 aromatic carbocycles. The number of rotatable bonds is 5. The number of hydrazine groups is 1. The summed E-state index contributed by atoms with van der Waals surface area (Å²) in [7, 11) is 0. The second kappa shape index (κ2) is 5.76. The first-order chi connectivity index (χ1) is 5.26. The predicted molar refractivity (Wildman–Crippen MR) is 40.6 cm³/mol. The molecule has 0 aliphatic carbocycles. The maximum absolute atomic E-state index is 10.9. The van der Waals surface area contributed by atoms with E-state index in [9.17, 15) is 5.21 Å². The molecule has 0 unspecified atom stereocenters. The molecule has 0 rings (SSSR count). The fourth-order valence-electron chi connectivity index (χ4n) is 0.624. The van der Waals surface area contributed by atoms with E-state index in [-0.39, 0.29) is 0 Å². The molecule has 5 nitrogen and oxygen atoms in total. The van der Waals surface area contributed by atoms with Gasteiger partial charge in [0.2, 0.25) is 5.28 Å². The van der Waals surface area contributed by atoms with E-state index in [0.717, 1.165) is 0 Å². The van der Waals surface area contributed by atoms with Crippen LogP contribution in [-0.2, 0) is 4.84 Å². The van der Waals surface area contributed by atoms with Crippen molar-refractivity contribution < 1.29 is 9.81 Å². The van der Waals surface area contributed by atoms with Crippen LogP contribution in [0.15, 0.2) is 5.28 Å². The van der Waals surface area contributed by atoms with Gasteiger partial charge in [-0.25, -0.2) is 0 Å². The maximum atomic E-state index is 10.9. The average Bonchev–Trinajstić information content (AvgIpc) is 2.03. The van der Waals surface area contributed by atoms with Gasteiger partial charge in [-0.15, -0.1) is 5.01 Å². The highest BCUT2D eigenvalue weighted by atomic mass is 16.7. The Balaban J connectivity index is 3.85. The average molecular weight is 161 g/mol. The van der Waals surface area contributed by atoms with E-state index in [4.69, 9.17) is 0 Å². The fraction of sp³-hybridized carbons (Fsp3) is 1.00. The Bertz CT molecular complexity index is 123.